The summed E-state index contributed by atoms with van der Waals surface area (Å²) in [5, 5.41) is 21.1. The smallest absolute Gasteiger partial charge is 0.245 e. The Kier molecular flexibility index (Phi) is 33.9. The molecule has 2 aliphatic heterocycles. The van der Waals surface area contributed by atoms with E-state index in [9.17, 15) is 62.3 Å². The quantitative estimate of drug-likeness (QED) is 0.0173. The third kappa shape index (κ3) is 27.5. The molecule has 0 unspecified atom stereocenters. The average Bonchev–Trinajstić information content (AvgIpc) is 1.74. The van der Waals surface area contributed by atoms with Gasteiger partial charge in [-0.1, -0.05) is 74.5 Å². The highest BCUT2D eigenvalue weighted by Crippen LogP contribution is 2.24. The molecular weight excluding hydrogens is 1250 g/mol. The van der Waals surface area contributed by atoms with Gasteiger partial charge in [-0.3, -0.25) is 67.3 Å². The molecule has 2 aliphatic rings. The van der Waals surface area contributed by atoms with E-state index in [0.717, 1.165) is 0 Å². The van der Waals surface area contributed by atoms with Gasteiger partial charge in [0, 0.05) is 45.3 Å². The molecular formula is C63H98N18O13S. The van der Waals surface area contributed by atoms with Gasteiger partial charge in [0.2, 0.25) is 76.8 Å². The van der Waals surface area contributed by atoms with Crippen LogP contribution < -0.4 is 82.7 Å². The van der Waals surface area contributed by atoms with E-state index in [-0.39, 0.29) is 83.0 Å². The van der Waals surface area contributed by atoms with E-state index in [1.807, 2.05) is 20.1 Å². The zero-order valence-electron chi connectivity index (χ0n) is 54.5. The molecule has 4 rings (SSSR count). The number of aliphatic imine (C=N–C) groups is 1. The minimum atomic E-state index is -1.64. The largest absolute Gasteiger partial charge is 0.370 e. The number of nitrogens with two attached hydrogens (primary N) is 7. The number of nitrogens with zero attached hydrogens (tertiary/aromatic N) is 3. The SMILES string of the molecule is CSCC[C@H](NC(=O)[C@H](CC(C)C)NC(=O)CNC(=O)[C@@H](Cc1ccccc1)NC(=O)[C@@H](Cc1ccccc1)NC(=O)[C@@H](CCC(N)=O)NC(=O)[C@@H](CCC(N)=O)NC(=O)[C@@H]1CCCN1C(=O)[C@@H](CCCCN)NC(=O)[C@H]1CCCN1C(=O)[C@@H](N)CCCN=C(N)N)C(N)=O. The summed E-state index contributed by atoms with van der Waals surface area (Å²) in [6.07, 6.45) is 3.12. The Morgan fingerprint density at radius 1 is 0.537 bits per heavy atom. The van der Waals surface area contributed by atoms with E-state index >= 15 is 0 Å². The molecule has 0 spiro atoms. The summed E-state index contributed by atoms with van der Waals surface area (Å²) in [4.78, 5) is 185. The predicted octanol–water partition coefficient (Wildman–Crippen LogP) is -3.71. The number of benzene rings is 2. The molecule has 2 fully saturated rings. The van der Waals surface area contributed by atoms with Gasteiger partial charge in [0.15, 0.2) is 5.96 Å². The van der Waals surface area contributed by atoms with Crippen molar-refractivity contribution in [2.24, 2.45) is 51.0 Å². The fourth-order valence-corrected chi connectivity index (χ4v) is 11.5. The van der Waals surface area contributed by atoms with Crippen molar-refractivity contribution in [1.29, 1.82) is 0 Å². The Balaban J connectivity index is 1.56. The number of primary amides is 3. The lowest BCUT2D eigenvalue weighted by atomic mass is 10.0. The Morgan fingerprint density at radius 2 is 1.01 bits per heavy atom. The van der Waals surface area contributed by atoms with E-state index in [0.29, 0.717) is 55.4 Å². The Bertz CT molecular complexity index is 2960. The number of hydrogen-bond donors (Lipinski definition) is 15. The highest BCUT2D eigenvalue weighted by atomic mass is 32.2. The van der Waals surface area contributed by atoms with Crippen LogP contribution in [-0.4, -0.2) is 198 Å². The normalized spacial score (nSPS) is 16.8. The number of thioether (sulfide) groups is 1. The summed E-state index contributed by atoms with van der Waals surface area (Å²) < 4.78 is 0. The maximum absolute atomic E-state index is 14.7. The second-order valence-electron chi connectivity index (χ2n) is 24.1. The molecule has 32 heteroatoms. The van der Waals surface area contributed by atoms with Crippen LogP contribution in [0.15, 0.2) is 65.7 Å². The first-order chi connectivity index (χ1) is 45.2. The van der Waals surface area contributed by atoms with Gasteiger partial charge in [-0.05, 0) is 119 Å². The van der Waals surface area contributed by atoms with Crippen LogP contribution in [0.4, 0.5) is 0 Å². The number of carbonyl (C=O) groups is 13. The van der Waals surface area contributed by atoms with Crippen molar-refractivity contribution in [3.8, 4) is 0 Å². The highest BCUT2D eigenvalue weighted by Gasteiger charge is 2.42. The van der Waals surface area contributed by atoms with Crippen molar-refractivity contribution in [3.05, 3.63) is 71.8 Å². The van der Waals surface area contributed by atoms with Gasteiger partial charge in [-0.25, -0.2) is 0 Å². The number of nitrogens with one attached hydrogen (secondary N) is 8. The number of amides is 13. The molecule has 0 radical (unpaired) electrons. The summed E-state index contributed by atoms with van der Waals surface area (Å²) >= 11 is 1.45. The molecule has 0 aliphatic carbocycles. The number of carbonyl (C=O) groups excluding carboxylic acids is 13. The minimum Gasteiger partial charge on any atom is -0.370 e. The topological polar surface area (TPSA) is 519 Å². The molecule has 22 N–H and O–H groups in total. The van der Waals surface area contributed by atoms with E-state index in [1.54, 1.807) is 60.7 Å². The van der Waals surface area contributed by atoms with Crippen molar-refractivity contribution in [2.45, 2.75) is 183 Å². The molecule has 95 heavy (non-hydrogen) atoms. The van der Waals surface area contributed by atoms with Gasteiger partial charge in [-0.2, -0.15) is 11.8 Å². The van der Waals surface area contributed by atoms with Crippen molar-refractivity contribution < 1.29 is 62.3 Å². The first kappa shape index (κ1) is 78.5. The third-order valence-electron chi connectivity index (χ3n) is 16.0. The second-order valence-corrected chi connectivity index (χ2v) is 25.1. The van der Waals surface area contributed by atoms with Gasteiger partial charge < -0.3 is 92.5 Å². The summed E-state index contributed by atoms with van der Waals surface area (Å²) in [6, 6.07) is 4.51. The summed E-state index contributed by atoms with van der Waals surface area (Å²) in [5.41, 5.74) is 40.6. The van der Waals surface area contributed by atoms with Gasteiger partial charge in [0.1, 0.15) is 54.4 Å². The van der Waals surface area contributed by atoms with Gasteiger partial charge in [0.25, 0.3) is 0 Å². The van der Waals surface area contributed by atoms with E-state index < -0.39 is 169 Å². The summed E-state index contributed by atoms with van der Waals surface area (Å²) in [7, 11) is 0. The number of unbranched alkanes of at least 4 members (excludes halogenated alkanes) is 1. The molecule has 31 nitrogen and oxygen atoms in total. The molecule has 2 heterocycles. The number of likely N-dealkylation sites (tertiary alicyclic amines) is 2. The Labute approximate surface area is 558 Å². The number of guanidine groups is 1. The molecule has 2 saturated heterocycles. The Hall–Kier alpha value is -8.91. The monoisotopic (exact) mass is 1350 g/mol. The van der Waals surface area contributed by atoms with Crippen LogP contribution in [0.3, 0.4) is 0 Å². The van der Waals surface area contributed by atoms with Crippen molar-refractivity contribution in [3.63, 3.8) is 0 Å². The van der Waals surface area contributed by atoms with E-state index in [1.165, 1.54) is 21.6 Å². The Morgan fingerprint density at radius 3 is 1.51 bits per heavy atom. The zero-order valence-corrected chi connectivity index (χ0v) is 55.3. The molecule has 2 aromatic rings. The van der Waals surface area contributed by atoms with Gasteiger partial charge in [0.05, 0.1) is 12.6 Å². The first-order valence-electron chi connectivity index (χ1n) is 32.2. The van der Waals surface area contributed by atoms with Crippen LogP contribution >= 0.6 is 11.8 Å². The average molecular weight is 1350 g/mol. The lowest BCUT2D eigenvalue weighted by Crippen LogP contribution is -2.60. The zero-order chi connectivity index (χ0) is 70.1. The van der Waals surface area contributed by atoms with Crippen LogP contribution in [-0.2, 0) is 75.2 Å². The van der Waals surface area contributed by atoms with Crippen LogP contribution in [0, 0.1) is 5.92 Å². The molecule has 0 saturated carbocycles. The number of rotatable bonds is 42. The van der Waals surface area contributed by atoms with Crippen molar-refractivity contribution >= 4 is 94.5 Å². The van der Waals surface area contributed by atoms with E-state index in [4.69, 9.17) is 40.1 Å². The van der Waals surface area contributed by atoms with Crippen LogP contribution in [0.1, 0.15) is 121 Å². The van der Waals surface area contributed by atoms with Gasteiger partial charge >= 0.3 is 0 Å². The maximum atomic E-state index is 14.7. The molecule has 10 atom stereocenters. The summed E-state index contributed by atoms with van der Waals surface area (Å²) in [6.45, 7) is 3.86. The van der Waals surface area contributed by atoms with Crippen LogP contribution in [0.25, 0.3) is 0 Å². The minimum absolute atomic E-state index is 0.0736. The lowest BCUT2D eigenvalue weighted by Gasteiger charge is -2.32. The fraction of sp³-hybridized carbons (Fsp3) is 0.587. The van der Waals surface area contributed by atoms with E-state index in [2.05, 4.69) is 47.5 Å². The maximum Gasteiger partial charge on any atom is 0.245 e. The third-order valence-corrected chi connectivity index (χ3v) is 16.7. The first-order valence-corrected chi connectivity index (χ1v) is 33.6. The molecule has 2 aromatic carbocycles. The number of hydrogen-bond acceptors (Lipinski definition) is 17. The molecule has 0 bridgehead atoms. The standard InChI is InChI=1S/C63H98N18O13S/c1-37(2)33-45(57(89)74-41(53(68)85)27-32-95-3)73-52(84)36-72-54(86)46(34-38-15-6-4-7-16-38)78-58(90)47(35-39-17-8-5-9-18-39)79-56(88)42(23-25-50(66)82)75-55(87)43(24-26-51(67)83)76-59(91)49-22-14-31-81(49)62(94)44(20-10-11-28-64)77-60(92)48-21-13-30-80(48)61(93)40(65)19-12-29-71-63(69)70/h4-9,15-18,37,40-49H,10-14,19-36,64-65H2,1-3H3,(H2,66,82)(H2,67,83)(H2,68,85)(H,72,86)(H,73,84)(H,74,89)(H,75,87)(H,76,91)(H,77,92)(H,78,90)(H,79,88)(H4,69,70,71)/t40-,41-,42+,43+,44+,45-,46+,47+,48+,49-/m0/s1. The molecule has 0 aromatic heterocycles. The predicted molar refractivity (Wildman–Crippen MR) is 356 cm³/mol. The van der Waals surface area contributed by atoms with Crippen LogP contribution in [0.5, 0.6) is 0 Å². The van der Waals surface area contributed by atoms with Crippen molar-refractivity contribution in [1.82, 2.24) is 52.3 Å². The molecule has 524 valence electrons. The second kappa shape index (κ2) is 41.0. The molecule has 13 amide bonds. The van der Waals surface area contributed by atoms with Crippen LogP contribution in [0.2, 0.25) is 0 Å². The fourth-order valence-electron chi connectivity index (χ4n) is 11.0. The van der Waals surface area contributed by atoms with Crippen molar-refractivity contribution in [2.75, 3.05) is 44.7 Å². The summed E-state index contributed by atoms with van der Waals surface area (Å²) in [5.74, 6) is -9.80. The highest BCUT2D eigenvalue weighted by molar-refractivity contribution is 7.98. The lowest BCUT2D eigenvalue weighted by molar-refractivity contribution is -0.144. The van der Waals surface area contributed by atoms with Gasteiger partial charge in [-0.15, -0.1) is 0 Å².